The second-order valence-electron chi connectivity index (χ2n) is 6.58. The van der Waals surface area contributed by atoms with E-state index in [1.807, 2.05) is 35.0 Å². The Labute approximate surface area is 175 Å². The number of nitrogens with one attached hydrogen (secondary N) is 1. The monoisotopic (exact) mass is 432 g/mol. The Kier molecular flexibility index (Phi) is 6.24. The largest absolute Gasteiger partial charge is 0.350 e. The number of hydrogen-bond acceptors (Lipinski definition) is 4. The van der Waals surface area contributed by atoms with Crippen LogP contribution in [0.2, 0.25) is 5.02 Å². The standard InChI is InChI=1S/C20H21ClN4O3S/c1-15-11-17(21)7-8-18(15)25(29(2,27)28)13-20(26)23-12-16-5-3-4-6-19(16)24-10-9-22-14-24/h3-11,14H,12-13H2,1-2H3,(H,23,26). The summed E-state index contributed by atoms with van der Waals surface area (Å²) in [6.07, 6.45) is 6.24. The summed E-state index contributed by atoms with van der Waals surface area (Å²) in [5.74, 6) is -0.412. The molecule has 1 amide bonds. The van der Waals surface area contributed by atoms with E-state index in [-0.39, 0.29) is 13.1 Å². The van der Waals surface area contributed by atoms with Crippen LogP contribution in [0.4, 0.5) is 5.69 Å². The smallest absolute Gasteiger partial charge is 0.241 e. The molecule has 7 nitrogen and oxygen atoms in total. The van der Waals surface area contributed by atoms with Crippen LogP contribution < -0.4 is 9.62 Å². The molecule has 0 saturated heterocycles. The van der Waals surface area contributed by atoms with Gasteiger partial charge in [0.1, 0.15) is 6.54 Å². The lowest BCUT2D eigenvalue weighted by molar-refractivity contribution is -0.119. The van der Waals surface area contributed by atoms with Crippen LogP contribution in [0.15, 0.2) is 61.2 Å². The molecule has 0 fully saturated rings. The van der Waals surface area contributed by atoms with Gasteiger partial charge >= 0.3 is 0 Å². The number of halogens is 1. The number of aromatic nitrogens is 2. The number of sulfonamides is 1. The van der Waals surface area contributed by atoms with Gasteiger partial charge < -0.3 is 9.88 Å². The number of nitrogens with zero attached hydrogens (tertiary/aromatic N) is 3. The summed E-state index contributed by atoms with van der Waals surface area (Å²) in [6.45, 7) is 1.68. The third kappa shape index (κ3) is 5.16. The molecule has 0 unspecified atom stereocenters. The van der Waals surface area contributed by atoms with Gasteiger partial charge in [0.25, 0.3) is 0 Å². The van der Waals surface area contributed by atoms with E-state index in [4.69, 9.17) is 11.6 Å². The van der Waals surface area contributed by atoms with Gasteiger partial charge in [-0.05, 0) is 42.3 Å². The van der Waals surface area contributed by atoms with Crippen LogP contribution in [-0.2, 0) is 21.4 Å². The summed E-state index contributed by atoms with van der Waals surface area (Å²) < 4.78 is 27.5. The SMILES string of the molecule is Cc1cc(Cl)ccc1N(CC(=O)NCc1ccccc1-n1ccnc1)S(C)(=O)=O. The minimum Gasteiger partial charge on any atom is -0.350 e. The van der Waals surface area contributed by atoms with Crippen LogP contribution in [0.1, 0.15) is 11.1 Å². The van der Waals surface area contributed by atoms with Crippen molar-refractivity contribution in [2.75, 3.05) is 17.1 Å². The van der Waals surface area contributed by atoms with Gasteiger partial charge in [0.05, 0.1) is 24.0 Å². The Hall–Kier alpha value is -2.84. The molecule has 0 aliphatic rings. The first-order valence-electron chi connectivity index (χ1n) is 8.82. The molecule has 0 aliphatic carbocycles. The van der Waals surface area contributed by atoms with Crippen molar-refractivity contribution in [1.82, 2.24) is 14.9 Å². The fourth-order valence-corrected chi connectivity index (χ4v) is 4.11. The van der Waals surface area contributed by atoms with E-state index in [0.717, 1.165) is 21.8 Å². The van der Waals surface area contributed by atoms with Crippen molar-refractivity contribution in [3.8, 4) is 5.69 Å². The van der Waals surface area contributed by atoms with Gasteiger partial charge in [-0.2, -0.15) is 0 Å². The maximum Gasteiger partial charge on any atom is 0.241 e. The molecular formula is C20H21ClN4O3S. The molecule has 3 aromatic rings. The first-order valence-corrected chi connectivity index (χ1v) is 11.0. The zero-order valence-corrected chi connectivity index (χ0v) is 17.6. The molecule has 0 radical (unpaired) electrons. The lowest BCUT2D eigenvalue weighted by Crippen LogP contribution is -2.40. The second-order valence-corrected chi connectivity index (χ2v) is 8.92. The third-order valence-electron chi connectivity index (χ3n) is 4.37. The van der Waals surface area contributed by atoms with Gasteiger partial charge in [-0.25, -0.2) is 13.4 Å². The fourth-order valence-electron chi connectivity index (χ4n) is 2.97. The van der Waals surface area contributed by atoms with Crippen LogP contribution in [0, 0.1) is 6.92 Å². The van der Waals surface area contributed by atoms with E-state index in [0.29, 0.717) is 16.3 Å². The number of hydrogen-bond donors (Lipinski definition) is 1. The highest BCUT2D eigenvalue weighted by Crippen LogP contribution is 2.25. The van der Waals surface area contributed by atoms with Crippen LogP contribution in [-0.4, -0.2) is 36.7 Å². The Bertz CT molecular complexity index is 1110. The van der Waals surface area contributed by atoms with Gasteiger partial charge in [-0.1, -0.05) is 29.8 Å². The summed E-state index contributed by atoms with van der Waals surface area (Å²) in [6, 6.07) is 12.4. The zero-order valence-electron chi connectivity index (χ0n) is 16.0. The minimum absolute atomic E-state index is 0.254. The molecule has 29 heavy (non-hydrogen) atoms. The normalized spacial score (nSPS) is 11.3. The van der Waals surface area contributed by atoms with Crippen molar-refractivity contribution in [2.45, 2.75) is 13.5 Å². The number of carbonyl (C=O) groups is 1. The molecule has 2 aromatic carbocycles. The number of carbonyl (C=O) groups excluding carboxylic acids is 1. The molecule has 0 spiro atoms. The molecule has 1 heterocycles. The van der Waals surface area contributed by atoms with Gasteiger partial charge in [0.2, 0.25) is 15.9 Å². The van der Waals surface area contributed by atoms with Crippen molar-refractivity contribution < 1.29 is 13.2 Å². The summed E-state index contributed by atoms with van der Waals surface area (Å²) in [4.78, 5) is 16.6. The van der Waals surface area contributed by atoms with Crippen molar-refractivity contribution in [3.63, 3.8) is 0 Å². The predicted molar refractivity (Wildman–Crippen MR) is 114 cm³/mol. The highest BCUT2D eigenvalue weighted by Gasteiger charge is 2.22. The van der Waals surface area contributed by atoms with E-state index in [9.17, 15) is 13.2 Å². The topological polar surface area (TPSA) is 84.3 Å². The fraction of sp³-hybridized carbons (Fsp3) is 0.200. The molecule has 0 aliphatic heterocycles. The van der Waals surface area contributed by atoms with Crippen molar-refractivity contribution in [2.24, 2.45) is 0 Å². The third-order valence-corrected chi connectivity index (χ3v) is 5.73. The van der Waals surface area contributed by atoms with E-state index >= 15 is 0 Å². The lowest BCUT2D eigenvalue weighted by Gasteiger charge is -2.24. The van der Waals surface area contributed by atoms with E-state index < -0.39 is 15.9 Å². The Morgan fingerprint density at radius 1 is 1.24 bits per heavy atom. The van der Waals surface area contributed by atoms with E-state index in [2.05, 4.69) is 10.3 Å². The van der Waals surface area contributed by atoms with Gasteiger partial charge in [-0.3, -0.25) is 9.10 Å². The highest BCUT2D eigenvalue weighted by atomic mass is 35.5. The summed E-state index contributed by atoms with van der Waals surface area (Å²) in [7, 11) is -3.66. The predicted octanol–water partition coefficient (Wildman–Crippen LogP) is 2.92. The number of aryl methyl sites for hydroxylation is 1. The molecule has 9 heteroatoms. The number of rotatable bonds is 7. The average Bonchev–Trinajstić information content (AvgIpc) is 3.19. The molecule has 1 aromatic heterocycles. The maximum atomic E-state index is 12.6. The molecule has 0 saturated carbocycles. The number of anilines is 1. The van der Waals surface area contributed by atoms with Crippen LogP contribution >= 0.6 is 11.6 Å². The number of imidazole rings is 1. The Morgan fingerprint density at radius 2 is 2.00 bits per heavy atom. The first kappa shape index (κ1) is 20.9. The van der Waals surface area contributed by atoms with Crippen molar-refractivity contribution in [3.05, 3.63) is 77.3 Å². The highest BCUT2D eigenvalue weighted by molar-refractivity contribution is 7.92. The summed E-state index contributed by atoms with van der Waals surface area (Å²) in [5.41, 5.74) is 2.86. The Morgan fingerprint density at radius 3 is 2.66 bits per heavy atom. The van der Waals surface area contributed by atoms with E-state index in [1.54, 1.807) is 37.6 Å². The number of amides is 1. The van der Waals surface area contributed by atoms with Gasteiger partial charge in [0.15, 0.2) is 0 Å². The second kappa shape index (κ2) is 8.67. The summed E-state index contributed by atoms with van der Waals surface area (Å²) in [5, 5.41) is 3.30. The molecule has 1 N–H and O–H groups in total. The van der Waals surface area contributed by atoms with Gasteiger partial charge in [-0.15, -0.1) is 0 Å². The molecular weight excluding hydrogens is 412 g/mol. The minimum atomic E-state index is -3.66. The molecule has 0 bridgehead atoms. The average molecular weight is 433 g/mol. The van der Waals surface area contributed by atoms with Crippen LogP contribution in [0.5, 0.6) is 0 Å². The Balaban J connectivity index is 1.76. The van der Waals surface area contributed by atoms with Crippen molar-refractivity contribution in [1.29, 1.82) is 0 Å². The van der Waals surface area contributed by atoms with Crippen molar-refractivity contribution >= 4 is 33.2 Å². The number of para-hydroxylation sites is 1. The van der Waals surface area contributed by atoms with Crippen LogP contribution in [0.25, 0.3) is 5.69 Å². The molecule has 152 valence electrons. The maximum absolute atomic E-state index is 12.6. The quantitative estimate of drug-likeness (QED) is 0.622. The van der Waals surface area contributed by atoms with Crippen LogP contribution in [0.3, 0.4) is 0 Å². The number of benzene rings is 2. The lowest BCUT2D eigenvalue weighted by atomic mass is 10.1. The first-order chi connectivity index (χ1) is 13.8. The van der Waals surface area contributed by atoms with E-state index in [1.165, 1.54) is 0 Å². The molecule has 3 rings (SSSR count). The van der Waals surface area contributed by atoms with Gasteiger partial charge in [0, 0.05) is 24.0 Å². The molecule has 0 atom stereocenters. The zero-order chi connectivity index (χ0) is 21.0. The summed E-state index contributed by atoms with van der Waals surface area (Å²) >= 11 is 5.96.